The Morgan fingerprint density at radius 1 is 1.22 bits per heavy atom. The summed E-state index contributed by atoms with van der Waals surface area (Å²) in [4.78, 5) is 14.9. The number of nitrogens with zero attached hydrogens (tertiary/aromatic N) is 2. The minimum absolute atomic E-state index is 0.0366. The number of likely N-dealkylation sites (tertiary alicyclic amines) is 1. The maximum absolute atomic E-state index is 13.0. The summed E-state index contributed by atoms with van der Waals surface area (Å²) in [6.07, 6.45) is 3.46. The first-order valence-corrected chi connectivity index (χ1v) is 10.1. The highest BCUT2D eigenvalue weighted by atomic mass is 32.1. The second-order valence-electron chi connectivity index (χ2n) is 7.03. The number of thiophene rings is 1. The number of aryl methyl sites for hydroxylation is 2. The number of rotatable bonds is 4. The summed E-state index contributed by atoms with van der Waals surface area (Å²) >= 11 is 1.61. The van der Waals surface area contributed by atoms with Gasteiger partial charge < -0.3 is 9.64 Å². The molecule has 6 heteroatoms. The van der Waals surface area contributed by atoms with E-state index in [1.165, 1.54) is 11.1 Å². The molecule has 140 valence electrons. The van der Waals surface area contributed by atoms with Crippen molar-refractivity contribution >= 4 is 17.2 Å². The van der Waals surface area contributed by atoms with Gasteiger partial charge >= 0.3 is 0 Å². The van der Waals surface area contributed by atoms with E-state index in [4.69, 9.17) is 4.74 Å². The zero-order chi connectivity index (χ0) is 18.8. The summed E-state index contributed by atoms with van der Waals surface area (Å²) in [5.74, 6) is 0.951. The van der Waals surface area contributed by atoms with Crippen LogP contribution in [0.3, 0.4) is 0 Å². The van der Waals surface area contributed by atoms with Crippen molar-refractivity contribution in [1.29, 1.82) is 0 Å². The van der Waals surface area contributed by atoms with Crippen molar-refractivity contribution in [3.63, 3.8) is 0 Å². The van der Waals surface area contributed by atoms with E-state index in [1.54, 1.807) is 17.5 Å². The van der Waals surface area contributed by atoms with Gasteiger partial charge in [0.15, 0.2) is 0 Å². The zero-order valence-electron chi connectivity index (χ0n) is 15.6. The van der Waals surface area contributed by atoms with E-state index in [2.05, 4.69) is 36.2 Å². The molecule has 0 spiro atoms. The Hall–Kier alpha value is -2.60. The lowest BCUT2D eigenvalue weighted by molar-refractivity contribution is 0.0596. The quantitative estimate of drug-likeness (QED) is 0.727. The Morgan fingerprint density at radius 3 is 2.74 bits per heavy atom. The van der Waals surface area contributed by atoms with Crippen LogP contribution in [0, 0.1) is 13.8 Å². The minimum Gasteiger partial charge on any atom is -0.490 e. The van der Waals surface area contributed by atoms with Crippen LogP contribution in [0.2, 0.25) is 0 Å². The average molecular weight is 382 g/mol. The third-order valence-corrected chi connectivity index (χ3v) is 5.87. The summed E-state index contributed by atoms with van der Waals surface area (Å²) in [5, 5.41) is 11.1. The lowest BCUT2D eigenvalue weighted by Crippen LogP contribution is -2.41. The Morgan fingerprint density at radius 2 is 2.04 bits per heavy atom. The molecule has 3 heterocycles. The van der Waals surface area contributed by atoms with E-state index in [0.29, 0.717) is 18.7 Å². The number of ether oxygens (including phenoxy) is 1. The molecule has 2 aromatic heterocycles. The van der Waals surface area contributed by atoms with Gasteiger partial charge in [-0.2, -0.15) is 16.4 Å². The van der Waals surface area contributed by atoms with Crippen molar-refractivity contribution in [2.24, 2.45) is 0 Å². The van der Waals surface area contributed by atoms with Gasteiger partial charge in [0, 0.05) is 36.9 Å². The Bertz CT molecular complexity index is 925. The van der Waals surface area contributed by atoms with Gasteiger partial charge in [-0.15, -0.1) is 0 Å². The molecule has 0 bridgehead atoms. The zero-order valence-corrected chi connectivity index (χ0v) is 16.4. The predicted molar refractivity (Wildman–Crippen MR) is 107 cm³/mol. The first-order chi connectivity index (χ1) is 13.1. The number of aromatic nitrogens is 2. The number of hydrogen-bond acceptors (Lipinski definition) is 4. The molecule has 5 nitrogen and oxygen atoms in total. The molecule has 1 aliphatic rings. The number of nitrogens with one attached hydrogen (secondary N) is 1. The minimum atomic E-state index is 0.0366. The van der Waals surface area contributed by atoms with Gasteiger partial charge in [-0.05, 0) is 48.6 Å². The van der Waals surface area contributed by atoms with Crippen LogP contribution >= 0.6 is 11.3 Å². The molecule has 0 saturated carbocycles. The van der Waals surface area contributed by atoms with Crippen LogP contribution in [0.15, 0.2) is 41.2 Å². The number of carbonyl (C=O) groups is 1. The summed E-state index contributed by atoms with van der Waals surface area (Å²) in [7, 11) is 0. The van der Waals surface area contributed by atoms with Crippen molar-refractivity contribution in [2.75, 3.05) is 13.1 Å². The molecule has 0 unspecified atom stereocenters. The third kappa shape index (κ3) is 3.76. The maximum atomic E-state index is 13.0. The summed E-state index contributed by atoms with van der Waals surface area (Å²) in [5.41, 5.74) is 4.95. The number of amides is 1. The van der Waals surface area contributed by atoms with Crippen molar-refractivity contribution in [2.45, 2.75) is 32.8 Å². The molecule has 1 N–H and O–H groups in total. The van der Waals surface area contributed by atoms with Gasteiger partial charge in [-0.25, -0.2) is 0 Å². The van der Waals surface area contributed by atoms with E-state index in [9.17, 15) is 4.79 Å². The van der Waals surface area contributed by atoms with Crippen molar-refractivity contribution < 1.29 is 9.53 Å². The fourth-order valence-electron chi connectivity index (χ4n) is 3.40. The lowest BCUT2D eigenvalue weighted by atomic mass is 10.0. The molecule has 1 fully saturated rings. The van der Waals surface area contributed by atoms with E-state index >= 15 is 0 Å². The topological polar surface area (TPSA) is 58.2 Å². The van der Waals surface area contributed by atoms with Crippen molar-refractivity contribution in [3.05, 3.63) is 57.9 Å². The summed E-state index contributed by atoms with van der Waals surface area (Å²) in [6, 6.07) is 8.21. The maximum Gasteiger partial charge on any atom is 0.257 e. The van der Waals surface area contributed by atoms with Crippen LogP contribution in [0.25, 0.3) is 11.3 Å². The molecule has 1 aliphatic heterocycles. The molecule has 0 aliphatic carbocycles. The highest BCUT2D eigenvalue weighted by Crippen LogP contribution is 2.26. The number of benzene rings is 1. The van der Waals surface area contributed by atoms with E-state index in [1.807, 2.05) is 27.8 Å². The average Bonchev–Trinajstić information content (AvgIpc) is 3.36. The molecular weight excluding hydrogens is 358 g/mol. The molecule has 0 atom stereocenters. The fourth-order valence-corrected chi connectivity index (χ4v) is 4.05. The summed E-state index contributed by atoms with van der Waals surface area (Å²) in [6.45, 7) is 5.59. The lowest BCUT2D eigenvalue weighted by Gasteiger charge is -2.32. The summed E-state index contributed by atoms with van der Waals surface area (Å²) < 4.78 is 6.14. The molecule has 27 heavy (non-hydrogen) atoms. The van der Waals surface area contributed by atoms with Gasteiger partial charge in [0.2, 0.25) is 0 Å². The smallest absolute Gasteiger partial charge is 0.257 e. The van der Waals surface area contributed by atoms with Crippen LogP contribution < -0.4 is 4.74 Å². The molecule has 1 saturated heterocycles. The van der Waals surface area contributed by atoms with E-state index in [-0.39, 0.29) is 12.0 Å². The number of carbonyl (C=O) groups excluding carboxylic acids is 1. The standard InChI is InChI=1S/C21H23N3O2S/c1-14-3-4-18(11-15(14)2)26-17-5-8-24(9-6-17)21(25)19-12-22-23-20(19)16-7-10-27-13-16/h3-4,7,10-13,17H,5-6,8-9H2,1-2H3,(H,22,23). The Kier molecular flexibility index (Phi) is 4.99. The monoisotopic (exact) mass is 381 g/mol. The van der Waals surface area contributed by atoms with Crippen LogP contribution in [0.5, 0.6) is 5.75 Å². The Labute approximate surface area is 163 Å². The van der Waals surface area contributed by atoms with Gasteiger partial charge in [-0.3, -0.25) is 9.89 Å². The van der Waals surface area contributed by atoms with Gasteiger partial charge in [0.25, 0.3) is 5.91 Å². The molecular formula is C21H23N3O2S. The van der Waals surface area contributed by atoms with E-state index < -0.39 is 0 Å². The Balaban J connectivity index is 1.39. The number of hydrogen-bond donors (Lipinski definition) is 1. The number of piperidine rings is 1. The third-order valence-electron chi connectivity index (χ3n) is 5.19. The fraction of sp³-hybridized carbons (Fsp3) is 0.333. The highest BCUT2D eigenvalue weighted by Gasteiger charge is 2.27. The first-order valence-electron chi connectivity index (χ1n) is 9.21. The largest absolute Gasteiger partial charge is 0.490 e. The first kappa shape index (κ1) is 17.8. The molecule has 1 aromatic carbocycles. The van der Waals surface area contributed by atoms with Gasteiger partial charge in [-0.1, -0.05) is 6.07 Å². The molecule has 0 radical (unpaired) electrons. The van der Waals surface area contributed by atoms with E-state index in [0.717, 1.165) is 29.8 Å². The number of H-pyrrole nitrogens is 1. The molecule has 1 amide bonds. The van der Waals surface area contributed by atoms with Gasteiger partial charge in [0.05, 0.1) is 17.5 Å². The second kappa shape index (κ2) is 7.56. The van der Waals surface area contributed by atoms with Crippen molar-refractivity contribution in [1.82, 2.24) is 15.1 Å². The van der Waals surface area contributed by atoms with Gasteiger partial charge in [0.1, 0.15) is 11.9 Å². The molecule has 3 aromatic rings. The van der Waals surface area contributed by atoms with Crippen LogP contribution in [0.1, 0.15) is 34.3 Å². The van der Waals surface area contributed by atoms with Crippen LogP contribution in [-0.4, -0.2) is 40.2 Å². The van der Waals surface area contributed by atoms with Crippen LogP contribution in [0.4, 0.5) is 0 Å². The SMILES string of the molecule is Cc1ccc(OC2CCN(C(=O)c3cn[nH]c3-c3ccsc3)CC2)cc1C. The molecule has 4 rings (SSSR count). The number of aromatic amines is 1. The van der Waals surface area contributed by atoms with Crippen LogP contribution in [-0.2, 0) is 0 Å². The predicted octanol–water partition coefficient (Wildman–Crippen LogP) is 4.44. The second-order valence-corrected chi connectivity index (χ2v) is 7.81. The van der Waals surface area contributed by atoms with Crippen molar-refractivity contribution in [3.8, 4) is 17.0 Å². The highest BCUT2D eigenvalue weighted by molar-refractivity contribution is 7.08. The normalized spacial score (nSPS) is 15.1.